The van der Waals surface area contributed by atoms with E-state index in [1.54, 1.807) is 10.5 Å². The molecule has 2 aromatic heterocycles. The number of nitrogens with one attached hydrogen (secondary N) is 1. The van der Waals surface area contributed by atoms with Gasteiger partial charge in [-0.15, -0.1) is 0 Å². The number of aromatic nitrogens is 2. The molecule has 0 bridgehead atoms. The Hall–Kier alpha value is -3.15. The second-order valence-electron chi connectivity index (χ2n) is 5.98. The molecular formula is C19H19N3O3. The molecule has 3 rings (SSSR count). The van der Waals surface area contributed by atoms with Crippen LogP contribution in [0.15, 0.2) is 36.5 Å². The van der Waals surface area contributed by atoms with Gasteiger partial charge in [-0.3, -0.25) is 9.20 Å². The number of nitrogens with zero attached hydrogens (tertiary/aromatic N) is 2. The van der Waals surface area contributed by atoms with Crippen LogP contribution in [0.3, 0.4) is 0 Å². The van der Waals surface area contributed by atoms with Crippen LogP contribution in [0.2, 0.25) is 0 Å². The van der Waals surface area contributed by atoms with E-state index >= 15 is 0 Å². The van der Waals surface area contributed by atoms with Crippen molar-refractivity contribution in [3.05, 3.63) is 64.6 Å². The number of aryl methyl sites for hydroxylation is 3. The van der Waals surface area contributed by atoms with Crippen molar-refractivity contribution in [1.82, 2.24) is 9.38 Å². The Morgan fingerprint density at radius 2 is 1.96 bits per heavy atom. The SMILES string of the molecule is CCc1nc2cc(C)ccn2c1C(=O)Nc1cc(C(=O)O)ccc1C. The van der Waals surface area contributed by atoms with Crippen molar-refractivity contribution in [2.75, 3.05) is 5.32 Å². The Morgan fingerprint density at radius 1 is 1.20 bits per heavy atom. The zero-order valence-electron chi connectivity index (χ0n) is 14.3. The summed E-state index contributed by atoms with van der Waals surface area (Å²) >= 11 is 0. The Labute approximate surface area is 145 Å². The van der Waals surface area contributed by atoms with Crippen LogP contribution in [0.5, 0.6) is 0 Å². The summed E-state index contributed by atoms with van der Waals surface area (Å²) in [5.74, 6) is -1.34. The minimum Gasteiger partial charge on any atom is -0.478 e. The first-order valence-electron chi connectivity index (χ1n) is 8.03. The van der Waals surface area contributed by atoms with Gasteiger partial charge in [0.25, 0.3) is 5.91 Å². The van der Waals surface area contributed by atoms with Crippen molar-refractivity contribution < 1.29 is 14.7 Å². The minimum atomic E-state index is -1.03. The van der Waals surface area contributed by atoms with Gasteiger partial charge in [-0.2, -0.15) is 0 Å². The fraction of sp³-hybridized carbons (Fsp3) is 0.211. The monoisotopic (exact) mass is 337 g/mol. The van der Waals surface area contributed by atoms with Crippen molar-refractivity contribution in [3.63, 3.8) is 0 Å². The van der Waals surface area contributed by atoms with E-state index in [4.69, 9.17) is 5.11 Å². The minimum absolute atomic E-state index is 0.130. The molecule has 0 saturated heterocycles. The van der Waals surface area contributed by atoms with Gasteiger partial charge in [0, 0.05) is 11.9 Å². The number of carbonyl (C=O) groups is 2. The largest absolute Gasteiger partial charge is 0.478 e. The quantitative estimate of drug-likeness (QED) is 0.763. The van der Waals surface area contributed by atoms with E-state index < -0.39 is 5.97 Å². The van der Waals surface area contributed by atoms with E-state index in [0.29, 0.717) is 23.5 Å². The maximum Gasteiger partial charge on any atom is 0.335 e. The summed E-state index contributed by atoms with van der Waals surface area (Å²) in [6, 6.07) is 8.50. The second-order valence-corrected chi connectivity index (χ2v) is 5.98. The summed E-state index contributed by atoms with van der Waals surface area (Å²) in [4.78, 5) is 28.6. The summed E-state index contributed by atoms with van der Waals surface area (Å²) in [6.45, 7) is 5.74. The van der Waals surface area contributed by atoms with Gasteiger partial charge < -0.3 is 10.4 Å². The van der Waals surface area contributed by atoms with Gasteiger partial charge in [0.05, 0.1) is 11.3 Å². The number of fused-ring (bicyclic) bond motifs is 1. The number of carbonyl (C=O) groups excluding carboxylic acids is 1. The molecular weight excluding hydrogens is 318 g/mol. The van der Waals surface area contributed by atoms with Crippen molar-refractivity contribution in [1.29, 1.82) is 0 Å². The van der Waals surface area contributed by atoms with Crippen LogP contribution in [0.1, 0.15) is 44.6 Å². The third-order valence-electron chi connectivity index (χ3n) is 4.14. The predicted molar refractivity (Wildman–Crippen MR) is 95.4 cm³/mol. The summed E-state index contributed by atoms with van der Waals surface area (Å²) in [5, 5.41) is 12.0. The van der Waals surface area contributed by atoms with E-state index in [0.717, 1.165) is 16.8 Å². The molecule has 1 aromatic carbocycles. The number of amides is 1. The van der Waals surface area contributed by atoms with E-state index in [1.165, 1.54) is 12.1 Å². The molecule has 6 nitrogen and oxygen atoms in total. The molecule has 0 unspecified atom stereocenters. The van der Waals surface area contributed by atoms with Gasteiger partial charge in [-0.1, -0.05) is 13.0 Å². The number of hydrogen-bond donors (Lipinski definition) is 2. The van der Waals surface area contributed by atoms with Crippen LogP contribution >= 0.6 is 0 Å². The smallest absolute Gasteiger partial charge is 0.335 e. The van der Waals surface area contributed by atoms with Crippen molar-refractivity contribution in [2.45, 2.75) is 27.2 Å². The summed E-state index contributed by atoms with van der Waals surface area (Å²) in [7, 11) is 0. The number of aromatic carboxylic acids is 1. The number of carboxylic acid groups (broad SMARTS) is 1. The van der Waals surface area contributed by atoms with Crippen molar-refractivity contribution in [3.8, 4) is 0 Å². The summed E-state index contributed by atoms with van der Waals surface area (Å²) in [5.41, 5.74) is 4.36. The molecule has 0 fully saturated rings. The first kappa shape index (κ1) is 16.7. The fourth-order valence-corrected chi connectivity index (χ4v) is 2.75. The molecule has 6 heteroatoms. The lowest BCUT2D eigenvalue weighted by Gasteiger charge is -2.10. The molecule has 3 aromatic rings. The Balaban J connectivity index is 2.03. The number of carboxylic acids is 1. The lowest BCUT2D eigenvalue weighted by atomic mass is 10.1. The standard InChI is InChI=1S/C19H19N3O3/c1-4-14-17(22-8-7-11(2)9-16(22)20-14)18(23)21-15-10-13(19(24)25)6-5-12(15)3/h5-10H,4H2,1-3H3,(H,21,23)(H,24,25). The highest BCUT2D eigenvalue weighted by Gasteiger charge is 2.19. The number of hydrogen-bond acceptors (Lipinski definition) is 3. The van der Waals surface area contributed by atoms with Gasteiger partial charge in [-0.05, 0) is 55.7 Å². The first-order chi connectivity index (χ1) is 11.9. The summed E-state index contributed by atoms with van der Waals surface area (Å²) in [6.07, 6.45) is 2.45. The molecule has 0 spiro atoms. The Kier molecular flexibility index (Phi) is 4.27. The summed E-state index contributed by atoms with van der Waals surface area (Å²) < 4.78 is 1.76. The average molecular weight is 337 g/mol. The molecule has 0 radical (unpaired) electrons. The number of rotatable bonds is 4. The molecule has 0 saturated carbocycles. The molecule has 2 N–H and O–H groups in total. The lowest BCUT2D eigenvalue weighted by Crippen LogP contribution is -2.17. The molecule has 25 heavy (non-hydrogen) atoms. The van der Waals surface area contributed by atoms with E-state index in [9.17, 15) is 9.59 Å². The topological polar surface area (TPSA) is 83.7 Å². The normalized spacial score (nSPS) is 10.8. The molecule has 2 heterocycles. The van der Waals surface area contributed by atoms with Crippen LogP contribution in [-0.4, -0.2) is 26.4 Å². The molecule has 0 atom stereocenters. The van der Waals surface area contributed by atoms with Gasteiger partial charge in [0.2, 0.25) is 0 Å². The van der Waals surface area contributed by atoms with Gasteiger partial charge >= 0.3 is 5.97 Å². The zero-order chi connectivity index (χ0) is 18.1. The number of benzene rings is 1. The third-order valence-corrected chi connectivity index (χ3v) is 4.14. The van der Waals surface area contributed by atoms with Crippen LogP contribution in [-0.2, 0) is 6.42 Å². The number of pyridine rings is 1. The molecule has 128 valence electrons. The number of imidazole rings is 1. The second kappa shape index (κ2) is 6.39. The molecule has 0 aliphatic heterocycles. The maximum atomic E-state index is 12.9. The maximum absolute atomic E-state index is 12.9. The highest BCUT2D eigenvalue weighted by Crippen LogP contribution is 2.20. The third kappa shape index (κ3) is 3.10. The molecule has 0 aliphatic carbocycles. The van der Waals surface area contributed by atoms with E-state index in [-0.39, 0.29) is 11.5 Å². The van der Waals surface area contributed by atoms with Crippen molar-refractivity contribution in [2.24, 2.45) is 0 Å². The van der Waals surface area contributed by atoms with Crippen LogP contribution in [0.25, 0.3) is 5.65 Å². The molecule has 0 aliphatic rings. The fourth-order valence-electron chi connectivity index (χ4n) is 2.75. The average Bonchev–Trinajstić information content (AvgIpc) is 2.94. The van der Waals surface area contributed by atoms with Gasteiger partial charge in [0.1, 0.15) is 11.3 Å². The van der Waals surface area contributed by atoms with Crippen molar-refractivity contribution >= 4 is 23.2 Å². The van der Waals surface area contributed by atoms with E-state index in [1.807, 2.05) is 39.1 Å². The zero-order valence-corrected chi connectivity index (χ0v) is 14.3. The van der Waals surface area contributed by atoms with Crippen LogP contribution in [0, 0.1) is 13.8 Å². The van der Waals surface area contributed by atoms with Crippen LogP contribution in [0.4, 0.5) is 5.69 Å². The predicted octanol–water partition coefficient (Wildman–Crippen LogP) is 3.46. The van der Waals surface area contributed by atoms with Gasteiger partial charge in [0.15, 0.2) is 0 Å². The van der Waals surface area contributed by atoms with Gasteiger partial charge in [-0.25, -0.2) is 9.78 Å². The highest BCUT2D eigenvalue weighted by atomic mass is 16.4. The van der Waals surface area contributed by atoms with Crippen LogP contribution < -0.4 is 5.32 Å². The highest BCUT2D eigenvalue weighted by molar-refractivity contribution is 6.05. The first-order valence-corrected chi connectivity index (χ1v) is 8.03. The molecule has 1 amide bonds. The Morgan fingerprint density at radius 3 is 2.64 bits per heavy atom. The Bertz CT molecular complexity index is 989. The lowest BCUT2D eigenvalue weighted by molar-refractivity contribution is 0.0696. The van der Waals surface area contributed by atoms with E-state index in [2.05, 4.69) is 10.3 Å². The number of anilines is 1.